The number of nitrogens with one attached hydrogen (secondary N) is 1. The molecule has 1 aliphatic rings. The van der Waals surface area contributed by atoms with E-state index >= 15 is 0 Å². The van der Waals surface area contributed by atoms with Crippen molar-refractivity contribution in [3.05, 3.63) is 24.0 Å². The van der Waals surface area contributed by atoms with Crippen LogP contribution in [0.25, 0.3) is 0 Å². The molecule has 1 saturated heterocycles. The van der Waals surface area contributed by atoms with E-state index in [1.807, 2.05) is 0 Å². The molecule has 2 amide bonds. The zero-order valence-electron chi connectivity index (χ0n) is 10.3. The van der Waals surface area contributed by atoms with E-state index in [1.165, 1.54) is 6.92 Å². The summed E-state index contributed by atoms with van der Waals surface area (Å²) >= 11 is 0. The van der Waals surface area contributed by atoms with Crippen molar-refractivity contribution in [2.45, 2.75) is 13.0 Å². The van der Waals surface area contributed by atoms with Crippen LogP contribution in [0.2, 0.25) is 0 Å². The van der Waals surface area contributed by atoms with Gasteiger partial charge < -0.3 is 19.9 Å². The molecule has 1 fully saturated rings. The molecule has 0 aliphatic carbocycles. The lowest BCUT2D eigenvalue weighted by molar-refractivity contribution is -0.140. The number of aromatic nitrogens is 1. The molecule has 1 aromatic rings. The van der Waals surface area contributed by atoms with Gasteiger partial charge in [0.1, 0.15) is 6.10 Å². The second kappa shape index (κ2) is 5.22. The zero-order valence-corrected chi connectivity index (χ0v) is 10.3. The van der Waals surface area contributed by atoms with Gasteiger partial charge in [-0.25, -0.2) is 0 Å². The molecule has 0 spiro atoms. The van der Waals surface area contributed by atoms with Crippen molar-refractivity contribution >= 4 is 11.8 Å². The molecule has 0 saturated carbocycles. The molecule has 0 radical (unpaired) electrons. The second-order valence-corrected chi connectivity index (χ2v) is 4.39. The third-order valence-electron chi connectivity index (χ3n) is 3.08. The van der Waals surface area contributed by atoms with Crippen LogP contribution in [0.15, 0.2) is 18.5 Å². The Morgan fingerprint density at radius 1 is 1.28 bits per heavy atom. The fourth-order valence-corrected chi connectivity index (χ4v) is 2.03. The van der Waals surface area contributed by atoms with Crippen LogP contribution in [0.5, 0.6) is 0 Å². The van der Waals surface area contributed by atoms with E-state index < -0.39 is 6.10 Å². The zero-order chi connectivity index (χ0) is 13.1. The molecule has 1 aromatic heterocycles. The fourth-order valence-electron chi connectivity index (χ4n) is 2.03. The molecule has 1 atom stereocenters. The van der Waals surface area contributed by atoms with Crippen LogP contribution >= 0.6 is 0 Å². The van der Waals surface area contributed by atoms with Crippen molar-refractivity contribution in [1.29, 1.82) is 0 Å². The SMILES string of the molecule is CC(O)C(=O)N1CCN(C(=O)c2cc[nH]c2)CC1. The Bertz CT molecular complexity index is 420. The summed E-state index contributed by atoms with van der Waals surface area (Å²) in [5, 5.41) is 9.22. The summed E-state index contributed by atoms with van der Waals surface area (Å²) in [7, 11) is 0. The Balaban J connectivity index is 1.91. The van der Waals surface area contributed by atoms with E-state index in [9.17, 15) is 14.7 Å². The predicted octanol–water partition coefficient (Wildman–Crippen LogP) is -0.320. The van der Waals surface area contributed by atoms with E-state index in [0.717, 1.165) is 0 Å². The third kappa shape index (κ3) is 2.53. The maximum Gasteiger partial charge on any atom is 0.255 e. The number of piperazine rings is 1. The number of hydrogen-bond acceptors (Lipinski definition) is 3. The Hall–Kier alpha value is -1.82. The average Bonchev–Trinajstić information content (AvgIpc) is 2.91. The fraction of sp³-hybridized carbons (Fsp3) is 0.500. The molecule has 1 unspecified atom stereocenters. The number of nitrogens with zero attached hydrogens (tertiary/aromatic N) is 2. The molecule has 2 heterocycles. The smallest absolute Gasteiger partial charge is 0.255 e. The van der Waals surface area contributed by atoms with Gasteiger partial charge in [-0.15, -0.1) is 0 Å². The molecular weight excluding hydrogens is 234 g/mol. The largest absolute Gasteiger partial charge is 0.384 e. The lowest BCUT2D eigenvalue weighted by Crippen LogP contribution is -2.52. The number of rotatable bonds is 2. The predicted molar refractivity (Wildman–Crippen MR) is 65.0 cm³/mol. The number of amides is 2. The minimum Gasteiger partial charge on any atom is -0.384 e. The molecule has 0 bridgehead atoms. The standard InChI is InChI=1S/C12H17N3O3/c1-9(16)11(17)14-4-6-15(7-5-14)12(18)10-2-3-13-8-10/h2-3,8-9,13,16H,4-7H2,1H3. The molecule has 18 heavy (non-hydrogen) atoms. The van der Waals surface area contributed by atoms with Gasteiger partial charge in [0, 0.05) is 38.6 Å². The quantitative estimate of drug-likeness (QED) is 0.756. The summed E-state index contributed by atoms with van der Waals surface area (Å²) in [6.45, 7) is 3.41. The van der Waals surface area contributed by atoms with Crippen molar-refractivity contribution in [2.75, 3.05) is 26.2 Å². The van der Waals surface area contributed by atoms with Crippen LogP contribution < -0.4 is 0 Å². The summed E-state index contributed by atoms with van der Waals surface area (Å²) < 4.78 is 0. The van der Waals surface area contributed by atoms with Gasteiger partial charge in [-0.1, -0.05) is 0 Å². The first kappa shape index (κ1) is 12.6. The highest BCUT2D eigenvalue weighted by Crippen LogP contribution is 2.09. The minimum absolute atomic E-state index is 0.0274. The van der Waals surface area contributed by atoms with Crippen LogP contribution in [0.4, 0.5) is 0 Å². The Morgan fingerprint density at radius 3 is 2.39 bits per heavy atom. The maximum atomic E-state index is 12.0. The molecule has 1 aliphatic heterocycles. The Morgan fingerprint density at radius 2 is 1.89 bits per heavy atom. The summed E-state index contributed by atoms with van der Waals surface area (Å²) in [6.07, 6.45) is 2.40. The van der Waals surface area contributed by atoms with E-state index in [2.05, 4.69) is 4.98 Å². The van der Waals surface area contributed by atoms with Gasteiger partial charge in [-0.05, 0) is 13.0 Å². The molecular formula is C12H17N3O3. The van der Waals surface area contributed by atoms with E-state index in [-0.39, 0.29) is 11.8 Å². The number of hydrogen-bond donors (Lipinski definition) is 2. The van der Waals surface area contributed by atoms with Crippen LogP contribution in [0.1, 0.15) is 17.3 Å². The molecule has 2 rings (SSSR count). The van der Waals surface area contributed by atoms with Gasteiger partial charge in [0.15, 0.2) is 0 Å². The lowest BCUT2D eigenvalue weighted by Gasteiger charge is -2.35. The molecule has 6 heteroatoms. The Kier molecular flexibility index (Phi) is 3.66. The number of aliphatic hydroxyl groups excluding tert-OH is 1. The highest BCUT2D eigenvalue weighted by Gasteiger charge is 2.26. The number of aliphatic hydroxyl groups is 1. The van der Waals surface area contributed by atoms with Gasteiger partial charge in [0.2, 0.25) is 0 Å². The normalized spacial score (nSPS) is 17.7. The lowest BCUT2D eigenvalue weighted by atomic mass is 10.2. The van der Waals surface area contributed by atoms with Gasteiger partial charge in [0.25, 0.3) is 11.8 Å². The summed E-state index contributed by atoms with van der Waals surface area (Å²) in [5.41, 5.74) is 0.630. The van der Waals surface area contributed by atoms with E-state index in [1.54, 1.807) is 28.3 Å². The van der Waals surface area contributed by atoms with Gasteiger partial charge in [0.05, 0.1) is 5.56 Å². The Labute approximate surface area is 105 Å². The maximum absolute atomic E-state index is 12.0. The molecule has 6 nitrogen and oxygen atoms in total. The topological polar surface area (TPSA) is 76.6 Å². The van der Waals surface area contributed by atoms with Crippen LogP contribution in [0, 0.1) is 0 Å². The minimum atomic E-state index is -0.975. The molecule has 0 aromatic carbocycles. The first-order valence-corrected chi connectivity index (χ1v) is 5.98. The monoisotopic (exact) mass is 251 g/mol. The van der Waals surface area contributed by atoms with Crippen molar-refractivity contribution in [2.24, 2.45) is 0 Å². The number of H-pyrrole nitrogens is 1. The van der Waals surface area contributed by atoms with Crippen LogP contribution in [-0.4, -0.2) is 64.0 Å². The molecule has 2 N–H and O–H groups in total. The summed E-state index contributed by atoms with van der Waals surface area (Å²) in [5.74, 6) is -0.302. The van der Waals surface area contributed by atoms with Gasteiger partial charge in [-0.2, -0.15) is 0 Å². The first-order valence-electron chi connectivity index (χ1n) is 5.98. The highest BCUT2D eigenvalue weighted by molar-refractivity contribution is 5.94. The second-order valence-electron chi connectivity index (χ2n) is 4.39. The van der Waals surface area contributed by atoms with Crippen molar-refractivity contribution in [3.8, 4) is 0 Å². The molecule has 98 valence electrons. The van der Waals surface area contributed by atoms with Gasteiger partial charge in [-0.3, -0.25) is 9.59 Å². The third-order valence-corrected chi connectivity index (χ3v) is 3.08. The van der Waals surface area contributed by atoms with Crippen molar-refractivity contribution in [1.82, 2.24) is 14.8 Å². The average molecular weight is 251 g/mol. The number of carbonyl (C=O) groups excluding carboxylic acids is 2. The highest BCUT2D eigenvalue weighted by atomic mass is 16.3. The first-order chi connectivity index (χ1) is 8.59. The van der Waals surface area contributed by atoms with E-state index in [0.29, 0.717) is 31.7 Å². The van der Waals surface area contributed by atoms with Crippen molar-refractivity contribution < 1.29 is 14.7 Å². The summed E-state index contributed by atoms with van der Waals surface area (Å²) in [4.78, 5) is 29.7. The van der Waals surface area contributed by atoms with E-state index in [4.69, 9.17) is 0 Å². The van der Waals surface area contributed by atoms with Crippen LogP contribution in [-0.2, 0) is 4.79 Å². The van der Waals surface area contributed by atoms with Gasteiger partial charge >= 0.3 is 0 Å². The van der Waals surface area contributed by atoms with Crippen LogP contribution in [0.3, 0.4) is 0 Å². The number of carbonyl (C=O) groups is 2. The van der Waals surface area contributed by atoms with Crippen molar-refractivity contribution in [3.63, 3.8) is 0 Å². The summed E-state index contributed by atoms with van der Waals surface area (Å²) in [6, 6.07) is 1.73. The number of aromatic amines is 1.